The van der Waals surface area contributed by atoms with Crippen LogP contribution in [0.25, 0.3) is 11.3 Å². The van der Waals surface area contributed by atoms with Crippen molar-refractivity contribution in [2.45, 2.75) is 51.4 Å². The van der Waals surface area contributed by atoms with Gasteiger partial charge < -0.3 is 10.4 Å². The molecule has 0 spiro atoms. The highest BCUT2D eigenvalue weighted by Crippen LogP contribution is 2.41. The third-order valence-corrected chi connectivity index (χ3v) is 7.30. The summed E-state index contributed by atoms with van der Waals surface area (Å²) in [5, 5.41) is 13.5. The number of hydrogen-bond donors (Lipinski definition) is 2. The minimum Gasteiger partial charge on any atom is -0.392 e. The van der Waals surface area contributed by atoms with Crippen molar-refractivity contribution in [3.8, 4) is 11.3 Å². The Morgan fingerprint density at radius 3 is 2.36 bits per heavy atom. The molecule has 2 N–H and O–H groups in total. The minimum absolute atomic E-state index is 0.0352. The van der Waals surface area contributed by atoms with Gasteiger partial charge in [-0.1, -0.05) is 23.2 Å². The summed E-state index contributed by atoms with van der Waals surface area (Å²) in [4.78, 5) is 33.3. The Balaban J connectivity index is 1.45. The fraction of sp³-hybridized carbons (Fsp3) is 0.333. The van der Waals surface area contributed by atoms with Gasteiger partial charge in [0.2, 0.25) is 5.91 Å². The average molecular weight is 584 g/mol. The number of alkyl halides is 3. The number of aryl methyl sites for hydroxylation is 2. The average Bonchev–Trinajstić information content (AvgIpc) is 3.10. The zero-order valence-electron chi connectivity index (χ0n) is 20.7. The maximum Gasteiger partial charge on any atom is 0.417 e. The largest absolute Gasteiger partial charge is 0.417 e. The Morgan fingerprint density at radius 1 is 1.10 bits per heavy atom. The number of aliphatic hydroxyl groups is 1. The molecule has 12 heteroatoms. The topological polar surface area (TPSA) is 92.2 Å². The molecule has 1 aliphatic carbocycles. The second kappa shape index (κ2) is 11.2. The van der Waals surface area contributed by atoms with Crippen LogP contribution in [0, 0.1) is 25.6 Å². The molecule has 1 amide bonds. The van der Waals surface area contributed by atoms with Crippen molar-refractivity contribution in [1.82, 2.24) is 15.3 Å². The molecule has 3 unspecified atom stereocenters. The summed E-state index contributed by atoms with van der Waals surface area (Å²) in [6, 6.07) is 5.25. The molecule has 1 aromatic carbocycles. The third kappa shape index (κ3) is 6.23. The zero-order valence-corrected chi connectivity index (χ0v) is 22.3. The molecule has 3 atom stereocenters. The van der Waals surface area contributed by atoms with Crippen LogP contribution in [0.1, 0.15) is 46.7 Å². The molecule has 0 radical (unpaired) electrons. The van der Waals surface area contributed by atoms with Crippen molar-refractivity contribution >= 4 is 34.9 Å². The smallest absolute Gasteiger partial charge is 0.392 e. The van der Waals surface area contributed by atoms with E-state index in [1.807, 2.05) is 0 Å². The number of Topliss-reactive ketones (excluding diaryl/α,β-unsaturated/α-hetero) is 1. The second-order valence-corrected chi connectivity index (χ2v) is 10.4. The number of carbonyl (C=O) groups is 2. The van der Waals surface area contributed by atoms with Crippen LogP contribution in [0.5, 0.6) is 0 Å². The van der Waals surface area contributed by atoms with E-state index in [1.165, 1.54) is 6.20 Å². The van der Waals surface area contributed by atoms with Crippen LogP contribution in [-0.4, -0.2) is 32.9 Å². The summed E-state index contributed by atoms with van der Waals surface area (Å²) in [6.45, 7) is 3.28. The Morgan fingerprint density at radius 2 is 1.77 bits per heavy atom. The molecule has 39 heavy (non-hydrogen) atoms. The number of nitrogens with zero attached hydrogens (tertiary/aromatic N) is 2. The SMILES string of the molecule is Cc1cc(-c2ncc(Cl)cc2F)cc(C)c1C1C(=O)CC(CC(=O)NCc2ncc(C(F)(F)F)cc2Cl)C1O. The van der Waals surface area contributed by atoms with Gasteiger partial charge in [0.05, 0.1) is 39.9 Å². The number of amides is 1. The number of carbonyl (C=O) groups excluding carboxylic acids is 2. The summed E-state index contributed by atoms with van der Waals surface area (Å²) in [5.74, 6) is -2.89. The van der Waals surface area contributed by atoms with Gasteiger partial charge in [-0.3, -0.25) is 19.6 Å². The van der Waals surface area contributed by atoms with Gasteiger partial charge in [0.15, 0.2) is 5.82 Å². The molecular formula is C27H23Cl2F4N3O3. The molecule has 2 aromatic heterocycles. The van der Waals surface area contributed by atoms with Crippen molar-refractivity contribution in [2.75, 3.05) is 0 Å². The molecular weight excluding hydrogens is 561 g/mol. The highest BCUT2D eigenvalue weighted by Gasteiger charge is 2.44. The Kier molecular flexibility index (Phi) is 8.30. The van der Waals surface area contributed by atoms with Gasteiger partial charge in [-0.15, -0.1) is 0 Å². The van der Waals surface area contributed by atoms with E-state index in [2.05, 4.69) is 15.3 Å². The van der Waals surface area contributed by atoms with E-state index >= 15 is 0 Å². The predicted molar refractivity (Wildman–Crippen MR) is 137 cm³/mol. The lowest BCUT2D eigenvalue weighted by atomic mass is 9.84. The van der Waals surface area contributed by atoms with E-state index in [0.29, 0.717) is 28.5 Å². The molecule has 1 fully saturated rings. The van der Waals surface area contributed by atoms with Crippen molar-refractivity contribution in [3.05, 3.63) is 80.5 Å². The molecule has 4 rings (SSSR count). The number of aromatic nitrogens is 2. The molecule has 1 saturated carbocycles. The van der Waals surface area contributed by atoms with Crippen molar-refractivity contribution < 1.29 is 32.3 Å². The number of hydrogen-bond acceptors (Lipinski definition) is 5. The first kappa shape index (κ1) is 28.9. The molecule has 6 nitrogen and oxygen atoms in total. The minimum atomic E-state index is -4.60. The van der Waals surface area contributed by atoms with E-state index in [9.17, 15) is 32.3 Å². The Bertz CT molecular complexity index is 1430. The van der Waals surface area contributed by atoms with Crippen LogP contribution in [-0.2, 0) is 22.3 Å². The molecule has 2 heterocycles. The quantitative estimate of drug-likeness (QED) is 0.349. The Hall–Kier alpha value is -3.08. The molecule has 3 aromatic rings. The molecule has 1 aliphatic rings. The fourth-order valence-electron chi connectivity index (χ4n) is 4.97. The van der Waals surface area contributed by atoms with Gasteiger partial charge in [0.1, 0.15) is 11.5 Å². The fourth-order valence-corrected chi connectivity index (χ4v) is 5.34. The Labute approximate surface area is 231 Å². The van der Waals surface area contributed by atoms with Gasteiger partial charge in [0, 0.05) is 36.7 Å². The first-order chi connectivity index (χ1) is 18.3. The number of rotatable bonds is 6. The van der Waals surface area contributed by atoms with Crippen molar-refractivity contribution in [3.63, 3.8) is 0 Å². The van der Waals surface area contributed by atoms with Crippen molar-refractivity contribution in [1.29, 1.82) is 0 Å². The van der Waals surface area contributed by atoms with Gasteiger partial charge >= 0.3 is 6.18 Å². The number of pyridine rings is 2. The summed E-state index contributed by atoms with van der Waals surface area (Å²) >= 11 is 11.7. The number of ketones is 1. The standard InChI is InChI=1S/C27H23Cl2F4N3O3/c1-12-3-14(25-19(30)8-17(28)10-36-25)4-13(2)23(12)24-21(37)5-15(26(24)39)6-22(38)35-11-20-18(29)7-16(9-34-20)27(31,32)33/h3-4,7-10,15,24,26,39H,5-6,11H2,1-2H3,(H,35,38). The van der Waals surface area contributed by atoms with Crippen LogP contribution in [0.15, 0.2) is 36.7 Å². The van der Waals surface area contributed by atoms with Gasteiger partial charge in [-0.2, -0.15) is 13.2 Å². The lowest BCUT2D eigenvalue weighted by molar-refractivity contribution is -0.137. The maximum absolute atomic E-state index is 14.4. The normalized spacial score (nSPS) is 19.4. The number of benzene rings is 1. The first-order valence-corrected chi connectivity index (χ1v) is 12.6. The van der Waals surface area contributed by atoms with E-state index in [0.717, 1.165) is 12.1 Å². The van der Waals surface area contributed by atoms with Gasteiger partial charge in [0.25, 0.3) is 0 Å². The number of nitrogens with one attached hydrogen (secondary N) is 1. The maximum atomic E-state index is 14.4. The van der Waals surface area contributed by atoms with Crippen LogP contribution in [0.2, 0.25) is 10.0 Å². The molecule has 0 bridgehead atoms. The van der Waals surface area contributed by atoms with E-state index in [1.54, 1.807) is 26.0 Å². The summed E-state index contributed by atoms with van der Waals surface area (Å²) in [6.07, 6.45) is -4.00. The van der Waals surface area contributed by atoms with Crippen LogP contribution in [0.4, 0.5) is 17.6 Å². The third-order valence-electron chi connectivity index (χ3n) is 6.77. The highest BCUT2D eigenvalue weighted by atomic mass is 35.5. The zero-order chi connectivity index (χ0) is 28.6. The van der Waals surface area contributed by atoms with E-state index < -0.39 is 41.4 Å². The first-order valence-electron chi connectivity index (χ1n) is 11.9. The number of halogens is 6. The summed E-state index contributed by atoms with van der Waals surface area (Å²) < 4.78 is 52.8. The predicted octanol–water partition coefficient (Wildman–Crippen LogP) is 5.97. The lowest BCUT2D eigenvalue weighted by Crippen LogP contribution is -2.30. The van der Waals surface area contributed by atoms with Gasteiger partial charge in [-0.05, 0) is 54.8 Å². The van der Waals surface area contributed by atoms with Crippen molar-refractivity contribution in [2.24, 2.45) is 5.92 Å². The van der Waals surface area contributed by atoms with Crippen LogP contribution in [0.3, 0.4) is 0 Å². The van der Waals surface area contributed by atoms with Gasteiger partial charge in [-0.25, -0.2) is 4.39 Å². The molecule has 0 aliphatic heterocycles. The monoisotopic (exact) mass is 583 g/mol. The molecule has 0 saturated heterocycles. The van der Waals surface area contributed by atoms with Crippen LogP contribution >= 0.6 is 23.2 Å². The van der Waals surface area contributed by atoms with E-state index in [-0.39, 0.29) is 46.6 Å². The van der Waals surface area contributed by atoms with Crippen LogP contribution < -0.4 is 5.32 Å². The summed E-state index contributed by atoms with van der Waals surface area (Å²) in [5.41, 5.74) is 1.57. The van der Waals surface area contributed by atoms with E-state index in [4.69, 9.17) is 23.2 Å². The second-order valence-electron chi connectivity index (χ2n) is 9.54. The number of aliphatic hydroxyl groups excluding tert-OH is 1. The highest BCUT2D eigenvalue weighted by molar-refractivity contribution is 6.31. The molecule has 206 valence electrons. The lowest BCUT2D eigenvalue weighted by Gasteiger charge is -2.22. The summed E-state index contributed by atoms with van der Waals surface area (Å²) in [7, 11) is 0.